The van der Waals surface area contributed by atoms with Crippen molar-refractivity contribution in [1.29, 1.82) is 0 Å². The number of esters is 1. The average molecular weight is 794 g/mol. The van der Waals surface area contributed by atoms with Crippen LogP contribution in [0.15, 0.2) is 0 Å². The Labute approximate surface area is 232 Å². The zero-order chi connectivity index (χ0) is 22.6. The third kappa shape index (κ3) is 11.1. The van der Waals surface area contributed by atoms with Crippen molar-refractivity contribution in [1.82, 2.24) is 0 Å². The van der Waals surface area contributed by atoms with E-state index in [1.54, 1.807) is 7.11 Å². The second-order valence-electron chi connectivity index (χ2n) is 8.55. The Morgan fingerprint density at radius 3 is 1.59 bits per heavy atom. The van der Waals surface area contributed by atoms with Crippen molar-refractivity contribution in [2.75, 3.05) is 7.11 Å². The standard InChI is InChI=1S/C9H16O3.C7H10O3.C6H10O.I2.HI/c1-7(10)12-9-6-4-3-5-8(9)11-2;8-7-9-5-3-1-2-4-6(5)10-7;1-2-4-6-5(3-1)7-6;1-2;/h8-9H,3-6H2,1-2H3;5-6H,1-4H2;5-6H,1-4H2;;1H. The number of hydrogen-bond donors (Lipinski definition) is 0. The Bertz CT molecular complexity index is 526. The topological polar surface area (TPSA) is 83.6 Å². The van der Waals surface area contributed by atoms with Crippen LogP contribution in [0.5, 0.6) is 0 Å². The summed E-state index contributed by atoms with van der Waals surface area (Å²) in [6, 6.07) is 0. The number of ether oxygens (including phenoxy) is 5. The molecule has 32 heavy (non-hydrogen) atoms. The molecular formula is C22H37I3O7. The molecule has 2 aliphatic heterocycles. The molecule has 188 valence electrons. The van der Waals surface area contributed by atoms with Crippen LogP contribution in [0.4, 0.5) is 4.79 Å². The van der Waals surface area contributed by atoms with E-state index in [1.165, 1.54) is 39.0 Å². The van der Waals surface area contributed by atoms with Crippen LogP contribution >= 0.6 is 61.2 Å². The number of rotatable bonds is 2. The Kier molecular flexibility index (Phi) is 16.7. The van der Waals surface area contributed by atoms with Gasteiger partial charge in [-0.2, -0.15) is 0 Å². The first-order valence-corrected chi connectivity index (χ1v) is 17.7. The summed E-state index contributed by atoms with van der Waals surface area (Å²) in [5.74, 6) is -0.205. The van der Waals surface area contributed by atoms with Crippen molar-refractivity contribution >= 4 is 73.3 Å². The summed E-state index contributed by atoms with van der Waals surface area (Å²) in [7, 11) is 1.67. The molecule has 5 fully saturated rings. The maximum absolute atomic E-state index is 10.7. The predicted octanol–water partition coefficient (Wildman–Crippen LogP) is 6.69. The van der Waals surface area contributed by atoms with Gasteiger partial charge in [-0.05, 0) is 57.8 Å². The summed E-state index contributed by atoms with van der Waals surface area (Å²) in [5, 5.41) is 0. The van der Waals surface area contributed by atoms with Crippen LogP contribution in [0.2, 0.25) is 0 Å². The molecule has 5 aliphatic rings. The van der Waals surface area contributed by atoms with E-state index in [4.69, 9.17) is 23.7 Å². The van der Waals surface area contributed by atoms with Crippen LogP contribution in [-0.2, 0) is 28.5 Å². The Balaban J connectivity index is 0.000000233. The van der Waals surface area contributed by atoms with Crippen LogP contribution in [0.25, 0.3) is 0 Å². The van der Waals surface area contributed by atoms with Gasteiger partial charge < -0.3 is 23.7 Å². The highest BCUT2D eigenvalue weighted by Gasteiger charge is 2.40. The van der Waals surface area contributed by atoms with Crippen LogP contribution in [0.1, 0.15) is 84.0 Å². The molecule has 0 N–H and O–H groups in total. The Morgan fingerprint density at radius 1 is 0.781 bits per heavy atom. The van der Waals surface area contributed by atoms with Gasteiger partial charge in [-0.15, -0.1) is 24.0 Å². The summed E-state index contributed by atoms with van der Waals surface area (Å²) >= 11 is 4.24. The molecular weight excluding hydrogens is 757 g/mol. The fraction of sp³-hybridized carbons (Fsp3) is 0.909. The third-order valence-electron chi connectivity index (χ3n) is 6.31. The highest BCUT2D eigenvalue weighted by molar-refractivity contribution is 15.0. The maximum Gasteiger partial charge on any atom is 0.509 e. The third-order valence-corrected chi connectivity index (χ3v) is 6.31. The molecule has 2 heterocycles. The number of fused-ring (bicyclic) bond motifs is 2. The zero-order valence-electron chi connectivity index (χ0n) is 19.0. The van der Waals surface area contributed by atoms with Gasteiger partial charge in [0.15, 0.2) is 0 Å². The van der Waals surface area contributed by atoms with Crippen molar-refractivity contribution in [3.05, 3.63) is 0 Å². The molecule has 7 nitrogen and oxygen atoms in total. The minimum absolute atomic E-state index is 0. The molecule has 0 spiro atoms. The van der Waals surface area contributed by atoms with Crippen molar-refractivity contribution in [2.45, 2.75) is 121 Å². The molecule has 2 saturated heterocycles. The molecule has 5 rings (SSSR count). The van der Waals surface area contributed by atoms with Gasteiger partial charge in [0.05, 0.1) is 18.3 Å². The van der Waals surface area contributed by atoms with E-state index in [-0.39, 0.29) is 54.4 Å². The van der Waals surface area contributed by atoms with E-state index in [0.717, 1.165) is 44.9 Å². The van der Waals surface area contributed by atoms with Gasteiger partial charge in [-0.3, -0.25) is 4.79 Å². The fourth-order valence-corrected chi connectivity index (χ4v) is 4.67. The quantitative estimate of drug-likeness (QED) is 0.175. The smallest absolute Gasteiger partial charge is 0.460 e. The summed E-state index contributed by atoms with van der Waals surface area (Å²) < 4.78 is 25.4. The van der Waals surface area contributed by atoms with E-state index in [2.05, 4.69) is 37.2 Å². The van der Waals surface area contributed by atoms with E-state index >= 15 is 0 Å². The van der Waals surface area contributed by atoms with Crippen molar-refractivity contribution < 1.29 is 33.3 Å². The first-order chi connectivity index (χ1) is 15.1. The maximum atomic E-state index is 10.7. The van der Waals surface area contributed by atoms with Gasteiger partial charge in [0.2, 0.25) is 0 Å². The van der Waals surface area contributed by atoms with Gasteiger partial charge in [-0.25, -0.2) is 4.79 Å². The van der Waals surface area contributed by atoms with Gasteiger partial charge >= 0.3 is 12.1 Å². The summed E-state index contributed by atoms with van der Waals surface area (Å²) in [5.41, 5.74) is 0. The number of carbonyl (C=O) groups is 2. The van der Waals surface area contributed by atoms with Gasteiger partial charge in [0, 0.05) is 51.3 Å². The Morgan fingerprint density at radius 2 is 1.19 bits per heavy atom. The molecule has 0 bridgehead atoms. The lowest BCUT2D eigenvalue weighted by Gasteiger charge is -2.29. The molecule has 0 aromatic rings. The minimum atomic E-state index is -0.475. The van der Waals surface area contributed by atoms with Gasteiger partial charge in [0.25, 0.3) is 0 Å². The first-order valence-electron chi connectivity index (χ1n) is 11.4. The molecule has 3 aliphatic carbocycles. The number of hydrogen-bond acceptors (Lipinski definition) is 7. The second kappa shape index (κ2) is 17.3. The molecule has 10 heteroatoms. The van der Waals surface area contributed by atoms with Crippen LogP contribution in [-0.4, -0.2) is 55.9 Å². The molecule has 3 saturated carbocycles. The first kappa shape index (κ1) is 30.9. The minimum Gasteiger partial charge on any atom is -0.460 e. The lowest BCUT2D eigenvalue weighted by molar-refractivity contribution is -0.156. The van der Waals surface area contributed by atoms with Crippen molar-refractivity contribution in [2.24, 2.45) is 0 Å². The van der Waals surface area contributed by atoms with Crippen molar-refractivity contribution in [3.63, 3.8) is 0 Å². The van der Waals surface area contributed by atoms with E-state index < -0.39 is 6.16 Å². The largest absolute Gasteiger partial charge is 0.509 e. The number of epoxide rings is 1. The second-order valence-corrected chi connectivity index (χ2v) is 8.55. The molecule has 0 aromatic heterocycles. The highest BCUT2D eigenvalue weighted by atomic mass is 128. The molecule has 0 aromatic carbocycles. The molecule has 6 atom stereocenters. The van der Waals surface area contributed by atoms with E-state index in [0.29, 0.717) is 12.2 Å². The van der Waals surface area contributed by atoms with Crippen LogP contribution in [0, 0.1) is 0 Å². The van der Waals surface area contributed by atoms with Crippen molar-refractivity contribution in [3.8, 4) is 0 Å². The number of carbonyl (C=O) groups excluding carboxylic acids is 2. The van der Waals surface area contributed by atoms with E-state index in [1.807, 2.05) is 0 Å². The highest BCUT2D eigenvalue weighted by Crippen LogP contribution is 2.35. The zero-order valence-corrected chi connectivity index (χ0v) is 25.6. The predicted molar refractivity (Wildman–Crippen MR) is 149 cm³/mol. The summed E-state index contributed by atoms with van der Waals surface area (Å²) in [6.07, 6.45) is 15.2. The normalized spacial score (nSPS) is 33.8. The van der Waals surface area contributed by atoms with Crippen LogP contribution in [0.3, 0.4) is 0 Å². The van der Waals surface area contributed by atoms with Gasteiger partial charge in [-0.1, -0.05) is 19.3 Å². The average Bonchev–Trinajstić information content (AvgIpc) is 3.48. The lowest BCUT2D eigenvalue weighted by Crippen LogP contribution is -2.35. The summed E-state index contributed by atoms with van der Waals surface area (Å²) in [4.78, 5) is 21.3. The number of halogens is 3. The lowest BCUT2D eigenvalue weighted by atomic mass is 9.94. The van der Waals surface area contributed by atoms with Crippen LogP contribution < -0.4 is 0 Å². The Hall–Kier alpha value is 0.850. The monoisotopic (exact) mass is 794 g/mol. The molecule has 0 amide bonds. The SMILES string of the molecule is C1CCC2OC2C1.COC1CCCCC1OC(C)=O.I.II.O=C1OC2CCCCC2O1. The number of methoxy groups -OCH3 is 1. The molecule has 6 unspecified atom stereocenters. The summed E-state index contributed by atoms with van der Waals surface area (Å²) in [6.45, 7) is 1.45. The fourth-order valence-electron chi connectivity index (χ4n) is 4.67. The van der Waals surface area contributed by atoms with E-state index in [9.17, 15) is 9.59 Å². The van der Waals surface area contributed by atoms with Gasteiger partial charge in [0.1, 0.15) is 18.3 Å². The molecule has 0 radical (unpaired) electrons.